The van der Waals surface area contributed by atoms with Crippen LogP contribution in [0.25, 0.3) is 0 Å². The molecule has 1 fully saturated rings. The average Bonchev–Trinajstić information content (AvgIpc) is 2.66. The summed E-state index contributed by atoms with van der Waals surface area (Å²) in [5.41, 5.74) is 5.87. The number of nitrogens with two attached hydrogens (primary N) is 1. The van der Waals surface area contributed by atoms with Gasteiger partial charge in [-0.25, -0.2) is 4.39 Å². The fourth-order valence-electron chi connectivity index (χ4n) is 2.33. The molecular formula is C13H16BrFN2O. The van der Waals surface area contributed by atoms with Gasteiger partial charge in [-0.15, -0.1) is 0 Å². The maximum absolute atomic E-state index is 13.2. The maximum atomic E-state index is 13.2. The van der Waals surface area contributed by atoms with Crippen molar-refractivity contribution in [3.8, 4) is 0 Å². The molecule has 0 aliphatic heterocycles. The Labute approximate surface area is 114 Å². The van der Waals surface area contributed by atoms with Crippen LogP contribution in [0.4, 0.5) is 10.1 Å². The highest BCUT2D eigenvalue weighted by atomic mass is 79.9. The fraction of sp³-hybridized carbons (Fsp3) is 0.462. The first kappa shape index (κ1) is 13.5. The van der Waals surface area contributed by atoms with Crippen LogP contribution in [0.2, 0.25) is 0 Å². The van der Waals surface area contributed by atoms with Crippen molar-refractivity contribution in [2.75, 3.05) is 5.32 Å². The fourth-order valence-corrected chi connectivity index (χ4v) is 2.68. The lowest BCUT2D eigenvalue weighted by atomic mass is 9.84. The van der Waals surface area contributed by atoms with Crippen molar-refractivity contribution in [1.82, 2.24) is 0 Å². The molecule has 1 amide bonds. The highest BCUT2D eigenvalue weighted by molar-refractivity contribution is 9.10. The minimum absolute atomic E-state index is 0.134. The van der Waals surface area contributed by atoms with Gasteiger partial charge in [-0.3, -0.25) is 4.79 Å². The second-order valence-corrected chi connectivity index (χ2v) is 5.85. The summed E-state index contributed by atoms with van der Waals surface area (Å²) in [6, 6.07) is 4.07. The first-order valence-corrected chi connectivity index (χ1v) is 6.75. The normalized spacial score (nSPS) is 27.2. The van der Waals surface area contributed by atoms with Crippen molar-refractivity contribution in [2.24, 2.45) is 11.1 Å². The summed E-state index contributed by atoms with van der Waals surface area (Å²) in [7, 11) is 0. The lowest BCUT2D eigenvalue weighted by Crippen LogP contribution is -2.44. The molecule has 3 nitrogen and oxygen atoms in total. The number of carbonyl (C=O) groups excluding carboxylic acids is 1. The smallest absolute Gasteiger partial charge is 0.231 e. The molecule has 1 aromatic carbocycles. The molecule has 0 radical (unpaired) electrons. The summed E-state index contributed by atoms with van der Waals surface area (Å²) in [6.45, 7) is 1.87. The summed E-state index contributed by atoms with van der Waals surface area (Å²) in [5.74, 6) is -0.520. The molecule has 2 rings (SSSR count). The second kappa shape index (κ2) is 4.97. The molecule has 1 saturated carbocycles. The third-order valence-corrected chi connectivity index (χ3v) is 4.42. The van der Waals surface area contributed by atoms with E-state index in [1.165, 1.54) is 12.1 Å². The van der Waals surface area contributed by atoms with E-state index in [1.54, 1.807) is 6.07 Å². The predicted molar refractivity (Wildman–Crippen MR) is 72.7 cm³/mol. The van der Waals surface area contributed by atoms with Gasteiger partial charge < -0.3 is 11.1 Å². The molecule has 0 heterocycles. The van der Waals surface area contributed by atoms with E-state index < -0.39 is 5.41 Å². The van der Waals surface area contributed by atoms with E-state index >= 15 is 0 Å². The van der Waals surface area contributed by atoms with E-state index in [2.05, 4.69) is 21.2 Å². The Morgan fingerprint density at radius 3 is 2.94 bits per heavy atom. The molecule has 18 heavy (non-hydrogen) atoms. The van der Waals surface area contributed by atoms with Gasteiger partial charge in [0.15, 0.2) is 0 Å². The van der Waals surface area contributed by atoms with E-state index in [-0.39, 0.29) is 17.8 Å². The van der Waals surface area contributed by atoms with Crippen LogP contribution in [0.15, 0.2) is 22.7 Å². The number of hydrogen-bond donors (Lipinski definition) is 2. The molecule has 0 bridgehead atoms. The van der Waals surface area contributed by atoms with Crippen LogP contribution >= 0.6 is 15.9 Å². The minimum Gasteiger partial charge on any atom is -0.327 e. The molecule has 1 aliphatic carbocycles. The zero-order valence-corrected chi connectivity index (χ0v) is 11.8. The van der Waals surface area contributed by atoms with Gasteiger partial charge in [0.2, 0.25) is 5.91 Å². The van der Waals surface area contributed by atoms with Crippen LogP contribution in [0, 0.1) is 11.2 Å². The number of carbonyl (C=O) groups is 1. The highest BCUT2D eigenvalue weighted by Crippen LogP contribution is 2.38. The quantitative estimate of drug-likeness (QED) is 0.881. The van der Waals surface area contributed by atoms with Gasteiger partial charge >= 0.3 is 0 Å². The number of amides is 1. The van der Waals surface area contributed by atoms with Crippen LogP contribution < -0.4 is 11.1 Å². The zero-order chi connectivity index (χ0) is 13.3. The van der Waals surface area contributed by atoms with Crippen molar-refractivity contribution in [2.45, 2.75) is 32.2 Å². The zero-order valence-electron chi connectivity index (χ0n) is 10.2. The molecule has 98 valence electrons. The van der Waals surface area contributed by atoms with Crippen molar-refractivity contribution >= 4 is 27.5 Å². The molecular weight excluding hydrogens is 299 g/mol. The number of nitrogens with one attached hydrogen (secondary N) is 1. The van der Waals surface area contributed by atoms with E-state index in [1.807, 2.05) is 6.92 Å². The van der Waals surface area contributed by atoms with Crippen LogP contribution in [0.5, 0.6) is 0 Å². The largest absolute Gasteiger partial charge is 0.327 e. The molecule has 3 N–H and O–H groups in total. The van der Waals surface area contributed by atoms with Gasteiger partial charge in [0.25, 0.3) is 0 Å². The molecule has 1 aliphatic rings. The minimum atomic E-state index is -0.564. The predicted octanol–water partition coefficient (Wildman–Crippen LogP) is 3.04. The third-order valence-electron chi connectivity index (χ3n) is 3.72. The molecule has 0 aromatic heterocycles. The van der Waals surface area contributed by atoms with Crippen LogP contribution in [-0.2, 0) is 4.79 Å². The summed E-state index contributed by atoms with van der Waals surface area (Å²) in [4.78, 5) is 12.3. The van der Waals surface area contributed by atoms with Gasteiger partial charge in [-0.1, -0.05) is 6.42 Å². The first-order chi connectivity index (χ1) is 8.43. The Morgan fingerprint density at radius 2 is 2.33 bits per heavy atom. The number of benzene rings is 1. The van der Waals surface area contributed by atoms with Crippen molar-refractivity contribution in [3.63, 3.8) is 0 Å². The lowest BCUT2D eigenvalue weighted by Gasteiger charge is -2.27. The summed E-state index contributed by atoms with van der Waals surface area (Å²) >= 11 is 3.29. The van der Waals surface area contributed by atoms with Crippen LogP contribution in [-0.4, -0.2) is 11.9 Å². The molecule has 2 atom stereocenters. The van der Waals surface area contributed by atoms with Gasteiger partial charge in [-0.2, -0.15) is 0 Å². The Morgan fingerprint density at radius 1 is 1.61 bits per heavy atom. The van der Waals surface area contributed by atoms with Crippen molar-refractivity contribution in [1.29, 1.82) is 0 Å². The standard InChI is InChI=1S/C13H16BrFN2O/c1-13(6-2-3-11(13)16)12(18)17-10-7-8(15)4-5-9(10)14/h4-5,7,11H,2-3,6,16H2,1H3,(H,17,18). The number of hydrogen-bond acceptors (Lipinski definition) is 2. The van der Waals surface area contributed by atoms with Gasteiger partial charge in [0.05, 0.1) is 11.1 Å². The Kier molecular flexibility index (Phi) is 3.73. The number of anilines is 1. The molecule has 0 saturated heterocycles. The van der Waals surface area contributed by atoms with Gasteiger partial charge in [-0.05, 0) is 53.9 Å². The Hall–Kier alpha value is -0.940. The van der Waals surface area contributed by atoms with E-state index in [4.69, 9.17) is 5.73 Å². The SMILES string of the molecule is CC1(C(=O)Nc2cc(F)ccc2Br)CCCC1N. The second-order valence-electron chi connectivity index (χ2n) is 4.99. The molecule has 5 heteroatoms. The maximum Gasteiger partial charge on any atom is 0.231 e. The van der Waals surface area contributed by atoms with E-state index in [0.29, 0.717) is 10.2 Å². The molecule has 2 unspecified atom stereocenters. The van der Waals surface area contributed by atoms with Gasteiger partial charge in [0, 0.05) is 10.5 Å². The topological polar surface area (TPSA) is 55.1 Å². The Balaban J connectivity index is 2.19. The Bertz CT molecular complexity index is 480. The van der Waals surface area contributed by atoms with Gasteiger partial charge in [0.1, 0.15) is 5.82 Å². The van der Waals surface area contributed by atoms with Crippen LogP contribution in [0.3, 0.4) is 0 Å². The monoisotopic (exact) mass is 314 g/mol. The highest BCUT2D eigenvalue weighted by Gasteiger charge is 2.43. The molecule has 0 spiro atoms. The van der Waals surface area contributed by atoms with Crippen molar-refractivity contribution < 1.29 is 9.18 Å². The number of rotatable bonds is 2. The average molecular weight is 315 g/mol. The van der Waals surface area contributed by atoms with Crippen LogP contribution in [0.1, 0.15) is 26.2 Å². The van der Waals surface area contributed by atoms with Crippen molar-refractivity contribution in [3.05, 3.63) is 28.5 Å². The summed E-state index contributed by atoms with van der Waals surface area (Å²) in [6.07, 6.45) is 2.58. The first-order valence-electron chi connectivity index (χ1n) is 5.95. The molecule has 1 aromatic rings. The third kappa shape index (κ3) is 2.42. The van der Waals surface area contributed by atoms with E-state index in [0.717, 1.165) is 19.3 Å². The summed E-state index contributed by atoms with van der Waals surface area (Å²) in [5, 5.41) is 2.76. The summed E-state index contributed by atoms with van der Waals surface area (Å²) < 4.78 is 13.8. The number of halogens is 2. The lowest BCUT2D eigenvalue weighted by molar-refractivity contribution is -0.125. The van der Waals surface area contributed by atoms with E-state index in [9.17, 15) is 9.18 Å².